The summed E-state index contributed by atoms with van der Waals surface area (Å²) in [7, 11) is 0. The Labute approximate surface area is 97.1 Å². The quantitative estimate of drug-likeness (QED) is 0.907. The van der Waals surface area contributed by atoms with Gasteiger partial charge >= 0.3 is 0 Å². The van der Waals surface area contributed by atoms with Crippen LogP contribution in [0.25, 0.3) is 11.4 Å². The van der Waals surface area contributed by atoms with Crippen LogP contribution in [0.15, 0.2) is 22.7 Å². The molecule has 0 radical (unpaired) electrons. The van der Waals surface area contributed by atoms with E-state index in [0.29, 0.717) is 0 Å². The highest BCUT2D eigenvalue weighted by Crippen LogP contribution is 2.26. The first-order valence-electron chi connectivity index (χ1n) is 4.88. The van der Waals surface area contributed by atoms with Gasteiger partial charge in [-0.2, -0.15) is 5.10 Å². The Kier molecular flexibility index (Phi) is 2.86. The van der Waals surface area contributed by atoms with Crippen molar-refractivity contribution < 1.29 is 0 Å². The van der Waals surface area contributed by atoms with E-state index in [4.69, 9.17) is 0 Å². The number of benzene rings is 1. The van der Waals surface area contributed by atoms with Crippen molar-refractivity contribution in [3.8, 4) is 11.4 Å². The van der Waals surface area contributed by atoms with Gasteiger partial charge in [0.15, 0.2) is 5.82 Å². The molecule has 0 unspecified atom stereocenters. The molecule has 1 aromatic heterocycles. The number of aryl methyl sites for hydroxylation is 2. The van der Waals surface area contributed by atoms with Crippen LogP contribution in [0.5, 0.6) is 0 Å². The Morgan fingerprint density at radius 3 is 2.80 bits per heavy atom. The summed E-state index contributed by atoms with van der Waals surface area (Å²) in [6.45, 7) is 4.11. The second kappa shape index (κ2) is 4.14. The Morgan fingerprint density at radius 2 is 2.20 bits per heavy atom. The second-order valence-corrected chi connectivity index (χ2v) is 4.30. The Bertz CT molecular complexity index is 476. The van der Waals surface area contributed by atoms with Crippen molar-refractivity contribution in [1.29, 1.82) is 0 Å². The first-order chi connectivity index (χ1) is 7.20. The Morgan fingerprint density at radius 1 is 1.40 bits per heavy atom. The lowest BCUT2D eigenvalue weighted by molar-refractivity contribution is 0.946. The fourth-order valence-corrected chi connectivity index (χ4v) is 2.05. The number of aromatic nitrogens is 3. The van der Waals surface area contributed by atoms with Gasteiger partial charge < -0.3 is 0 Å². The molecule has 15 heavy (non-hydrogen) atoms. The molecule has 0 aliphatic heterocycles. The summed E-state index contributed by atoms with van der Waals surface area (Å²) < 4.78 is 1.03. The van der Waals surface area contributed by atoms with Crippen LogP contribution < -0.4 is 0 Å². The predicted octanol–water partition coefficient (Wildman–Crippen LogP) is 3.11. The van der Waals surface area contributed by atoms with Gasteiger partial charge in [-0.1, -0.05) is 28.9 Å². The molecule has 0 saturated heterocycles. The summed E-state index contributed by atoms with van der Waals surface area (Å²) in [5, 5.41) is 7.10. The first-order valence-corrected chi connectivity index (χ1v) is 5.68. The van der Waals surface area contributed by atoms with Crippen LogP contribution in [0.1, 0.15) is 18.3 Å². The van der Waals surface area contributed by atoms with E-state index in [2.05, 4.69) is 57.1 Å². The van der Waals surface area contributed by atoms with Gasteiger partial charge in [0.05, 0.1) is 0 Å². The zero-order valence-electron chi connectivity index (χ0n) is 8.71. The monoisotopic (exact) mass is 265 g/mol. The third-order valence-electron chi connectivity index (χ3n) is 2.23. The molecule has 0 fully saturated rings. The van der Waals surface area contributed by atoms with Gasteiger partial charge in [-0.15, -0.1) is 0 Å². The number of nitrogens with one attached hydrogen (secondary N) is 1. The van der Waals surface area contributed by atoms with E-state index in [-0.39, 0.29) is 0 Å². The maximum atomic E-state index is 4.39. The lowest BCUT2D eigenvalue weighted by Crippen LogP contribution is -1.84. The molecule has 1 N–H and O–H groups in total. The third-order valence-corrected chi connectivity index (χ3v) is 2.89. The van der Waals surface area contributed by atoms with Gasteiger partial charge in [-0.25, -0.2) is 4.98 Å². The highest BCUT2D eigenvalue weighted by Gasteiger charge is 2.08. The van der Waals surface area contributed by atoms with Crippen LogP contribution in [-0.2, 0) is 6.42 Å². The molecule has 2 rings (SSSR count). The molecule has 0 atom stereocenters. The number of nitrogens with zero attached hydrogens (tertiary/aromatic N) is 2. The number of aromatic amines is 1. The summed E-state index contributed by atoms with van der Waals surface area (Å²) in [5.74, 6) is 1.66. The van der Waals surface area contributed by atoms with E-state index in [0.717, 1.165) is 28.1 Å². The molecular formula is C11H12BrN3. The molecule has 3 nitrogen and oxygen atoms in total. The van der Waals surface area contributed by atoms with E-state index in [1.54, 1.807) is 0 Å². The van der Waals surface area contributed by atoms with Crippen molar-refractivity contribution in [3.05, 3.63) is 34.1 Å². The molecule has 0 spiro atoms. The molecule has 0 amide bonds. The van der Waals surface area contributed by atoms with Crippen LogP contribution in [0.3, 0.4) is 0 Å². The largest absolute Gasteiger partial charge is 0.263 e. The van der Waals surface area contributed by atoms with E-state index < -0.39 is 0 Å². The summed E-state index contributed by atoms with van der Waals surface area (Å²) in [6, 6.07) is 6.15. The minimum absolute atomic E-state index is 0.749. The number of rotatable bonds is 2. The molecule has 4 heteroatoms. The summed E-state index contributed by atoms with van der Waals surface area (Å²) >= 11 is 3.52. The summed E-state index contributed by atoms with van der Waals surface area (Å²) in [4.78, 5) is 4.39. The van der Waals surface area contributed by atoms with Gasteiger partial charge in [0.2, 0.25) is 0 Å². The van der Waals surface area contributed by atoms with Gasteiger partial charge in [-0.3, -0.25) is 5.10 Å². The predicted molar refractivity (Wildman–Crippen MR) is 63.6 cm³/mol. The normalized spacial score (nSPS) is 10.6. The zero-order valence-corrected chi connectivity index (χ0v) is 10.3. The van der Waals surface area contributed by atoms with Crippen molar-refractivity contribution in [3.63, 3.8) is 0 Å². The molecule has 0 aliphatic carbocycles. The van der Waals surface area contributed by atoms with Crippen molar-refractivity contribution in [2.24, 2.45) is 0 Å². The van der Waals surface area contributed by atoms with Crippen molar-refractivity contribution in [1.82, 2.24) is 15.2 Å². The lowest BCUT2D eigenvalue weighted by atomic mass is 10.1. The van der Waals surface area contributed by atoms with Gasteiger partial charge in [0, 0.05) is 16.5 Å². The van der Waals surface area contributed by atoms with Gasteiger partial charge in [-0.05, 0) is 24.6 Å². The van der Waals surface area contributed by atoms with E-state index in [1.165, 1.54) is 5.56 Å². The molecule has 1 aromatic carbocycles. The van der Waals surface area contributed by atoms with E-state index in [1.807, 2.05) is 6.07 Å². The number of hydrogen-bond donors (Lipinski definition) is 1. The maximum absolute atomic E-state index is 4.39. The molecule has 78 valence electrons. The fraction of sp³-hybridized carbons (Fsp3) is 0.273. The smallest absolute Gasteiger partial charge is 0.182 e. The number of hydrogen-bond acceptors (Lipinski definition) is 2. The molecule has 0 aliphatic rings. The van der Waals surface area contributed by atoms with E-state index in [9.17, 15) is 0 Å². The minimum atomic E-state index is 0.749. The van der Waals surface area contributed by atoms with Crippen LogP contribution >= 0.6 is 15.9 Å². The van der Waals surface area contributed by atoms with Crippen molar-refractivity contribution >= 4 is 15.9 Å². The van der Waals surface area contributed by atoms with Crippen LogP contribution in [-0.4, -0.2) is 15.2 Å². The summed E-state index contributed by atoms with van der Waals surface area (Å²) in [5.41, 5.74) is 2.24. The average molecular weight is 266 g/mol. The standard InChI is InChI=1S/C11H12BrN3/c1-3-10-13-11(15-14-10)8-5-4-7(2)6-9(8)12/h4-6H,3H2,1-2H3,(H,13,14,15). The third kappa shape index (κ3) is 2.09. The average Bonchev–Trinajstić information content (AvgIpc) is 2.66. The molecule has 1 heterocycles. The molecule has 2 aromatic rings. The van der Waals surface area contributed by atoms with Gasteiger partial charge in [0.25, 0.3) is 0 Å². The Hall–Kier alpha value is -1.16. The SMILES string of the molecule is CCc1nc(-c2ccc(C)cc2Br)n[nH]1. The number of H-pyrrole nitrogens is 1. The molecular weight excluding hydrogens is 254 g/mol. The highest BCUT2D eigenvalue weighted by atomic mass is 79.9. The second-order valence-electron chi connectivity index (χ2n) is 3.44. The van der Waals surface area contributed by atoms with Crippen LogP contribution in [0.4, 0.5) is 0 Å². The van der Waals surface area contributed by atoms with Crippen LogP contribution in [0.2, 0.25) is 0 Å². The fourth-order valence-electron chi connectivity index (χ4n) is 1.38. The Balaban J connectivity index is 2.44. The first kappa shape index (κ1) is 10.4. The lowest BCUT2D eigenvalue weighted by Gasteiger charge is -2.00. The van der Waals surface area contributed by atoms with E-state index >= 15 is 0 Å². The minimum Gasteiger partial charge on any atom is -0.263 e. The molecule has 0 bridgehead atoms. The number of halogens is 1. The topological polar surface area (TPSA) is 41.6 Å². The van der Waals surface area contributed by atoms with Gasteiger partial charge in [0.1, 0.15) is 5.82 Å². The highest BCUT2D eigenvalue weighted by molar-refractivity contribution is 9.10. The zero-order chi connectivity index (χ0) is 10.8. The van der Waals surface area contributed by atoms with Crippen molar-refractivity contribution in [2.75, 3.05) is 0 Å². The van der Waals surface area contributed by atoms with Crippen molar-refractivity contribution in [2.45, 2.75) is 20.3 Å². The summed E-state index contributed by atoms with van der Waals surface area (Å²) in [6.07, 6.45) is 0.872. The molecule has 0 saturated carbocycles. The maximum Gasteiger partial charge on any atom is 0.182 e. The van der Waals surface area contributed by atoms with Crippen LogP contribution in [0, 0.1) is 6.92 Å².